The number of piperazine rings is 1. The molecule has 1 saturated heterocycles. The first-order chi connectivity index (χ1) is 10.2. The number of nitrogens with zero attached hydrogens (tertiary/aromatic N) is 2. The molecule has 1 atom stereocenters. The number of amides is 1. The third-order valence-corrected chi connectivity index (χ3v) is 3.77. The molecule has 110 valence electrons. The van der Waals surface area contributed by atoms with Gasteiger partial charge in [0.15, 0.2) is 0 Å². The smallest absolute Gasteiger partial charge is 0.272 e. The highest BCUT2D eigenvalue weighted by atomic mass is 16.5. The van der Waals surface area contributed by atoms with Gasteiger partial charge in [0.25, 0.3) is 5.91 Å². The highest BCUT2D eigenvalue weighted by Gasteiger charge is 2.22. The molecule has 0 bridgehead atoms. The number of ether oxygens (including phenoxy) is 1. The highest BCUT2D eigenvalue weighted by molar-refractivity contribution is 5.95. The summed E-state index contributed by atoms with van der Waals surface area (Å²) in [6, 6.07) is 9.69. The van der Waals surface area contributed by atoms with Crippen molar-refractivity contribution >= 4 is 16.8 Å². The van der Waals surface area contributed by atoms with Crippen molar-refractivity contribution in [1.82, 2.24) is 15.2 Å². The SMILES string of the molecule is COc1ccc2nc(C(=O)N3CCN[C@@H](C)C3)ccc2c1. The Hall–Kier alpha value is -2.14. The number of aromatic nitrogens is 1. The van der Waals surface area contributed by atoms with Crippen molar-refractivity contribution in [2.24, 2.45) is 0 Å². The van der Waals surface area contributed by atoms with Crippen LogP contribution in [0.5, 0.6) is 5.75 Å². The Kier molecular flexibility index (Phi) is 3.75. The fraction of sp³-hybridized carbons (Fsp3) is 0.375. The number of hydrogen-bond acceptors (Lipinski definition) is 4. The fourth-order valence-electron chi connectivity index (χ4n) is 2.63. The van der Waals surface area contributed by atoms with Crippen LogP contribution in [0.4, 0.5) is 0 Å². The molecule has 1 aliphatic rings. The zero-order valence-electron chi connectivity index (χ0n) is 12.3. The van der Waals surface area contributed by atoms with Gasteiger partial charge in [0.1, 0.15) is 11.4 Å². The van der Waals surface area contributed by atoms with Crippen molar-refractivity contribution < 1.29 is 9.53 Å². The van der Waals surface area contributed by atoms with Crippen LogP contribution in [0.15, 0.2) is 30.3 Å². The van der Waals surface area contributed by atoms with Gasteiger partial charge >= 0.3 is 0 Å². The Bertz CT molecular complexity index is 672. The lowest BCUT2D eigenvalue weighted by molar-refractivity contribution is 0.0703. The minimum Gasteiger partial charge on any atom is -0.497 e. The number of carbonyl (C=O) groups is 1. The van der Waals surface area contributed by atoms with Crippen molar-refractivity contribution in [3.63, 3.8) is 0 Å². The molecule has 1 fully saturated rings. The van der Waals surface area contributed by atoms with Gasteiger partial charge in [0.2, 0.25) is 0 Å². The van der Waals surface area contributed by atoms with E-state index in [-0.39, 0.29) is 5.91 Å². The molecule has 0 saturated carbocycles. The third kappa shape index (κ3) is 2.83. The normalized spacial score (nSPS) is 18.8. The van der Waals surface area contributed by atoms with Gasteiger partial charge in [-0.15, -0.1) is 0 Å². The molecule has 2 aromatic rings. The fourth-order valence-corrected chi connectivity index (χ4v) is 2.63. The summed E-state index contributed by atoms with van der Waals surface area (Å²) >= 11 is 0. The molecule has 2 heterocycles. The monoisotopic (exact) mass is 285 g/mol. The number of fused-ring (bicyclic) bond motifs is 1. The van der Waals surface area contributed by atoms with E-state index in [2.05, 4.69) is 17.2 Å². The van der Waals surface area contributed by atoms with Crippen LogP contribution in [0.3, 0.4) is 0 Å². The van der Waals surface area contributed by atoms with Crippen LogP contribution in [0.1, 0.15) is 17.4 Å². The van der Waals surface area contributed by atoms with Crippen molar-refractivity contribution in [1.29, 1.82) is 0 Å². The lowest BCUT2D eigenvalue weighted by Gasteiger charge is -2.31. The van der Waals surface area contributed by atoms with Crippen LogP contribution in [-0.4, -0.2) is 48.6 Å². The lowest BCUT2D eigenvalue weighted by Crippen LogP contribution is -2.51. The zero-order chi connectivity index (χ0) is 14.8. The first kappa shape index (κ1) is 13.8. The van der Waals surface area contributed by atoms with Gasteiger partial charge in [-0.05, 0) is 31.2 Å². The number of hydrogen-bond donors (Lipinski definition) is 1. The Morgan fingerprint density at radius 1 is 1.38 bits per heavy atom. The average Bonchev–Trinajstić information content (AvgIpc) is 2.53. The van der Waals surface area contributed by atoms with Crippen molar-refractivity contribution in [2.45, 2.75) is 13.0 Å². The number of carbonyl (C=O) groups excluding carboxylic acids is 1. The van der Waals surface area contributed by atoms with Gasteiger partial charge in [-0.25, -0.2) is 4.98 Å². The first-order valence-electron chi connectivity index (χ1n) is 7.15. The standard InChI is InChI=1S/C16H19N3O2/c1-11-10-19(8-7-17-11)16(20)15-5-3-12-9-13(21-2)4-6-14(12)18-15/h3-6,9,11,17H,7-8,10H2,1-2H3/t11-/m0/s1. The van der Waals surface area contributed by atoms with E-state index in [0.29, 0.717) is 11.7 Å². The van der Waals surface area contributed by atoms with Crippen LogP contribution in [0, 0.1) is 0 Å². The van der Waals surface area contributed by atoms with Gasteiger partial charge in [0.05, 0.1) is 12.6 Å². The van der Waals surface area contributed by atoms with Crippen LogP contribution in [-0.2, 0) is 0 Å². The molecule has 1 aliphatic heterocycles. The number of nitrogens with one attached hydrogen (secondary N) is 1. The number of benzene rings is 1. The number of methoxy groups -OCH3 is 1. The number of pyridine rings is 1. The second-order valence-corrected chi connectivity index (χ2v) is 5.36. The van der Waals surface area contributed by atoms with E-state index >= 15 is 0 Å². The Balaban J connectivity index is 1.88. The molecule has 1 aromatic heterocycles. The molecule has 5 nitrogen and oxygen atoms in total. The molecule has 1 aromatic carbocycles. The average molecular weight is 285 g/mol. The van der Waals surface area contributed by atoms with E-state index in [1.165, 1.54) is 0 Å². The van der Waals surface area contributed by atoms with Crippen LogP contribution in [0.2, 0.25) is 0 Å². The summed E-state index contributed by atoms with van der Waals surface area (Å²) in [5.74, 6) is 0.792. The zero-order valence-corrected chi connectivity index (χ0v) is 12.3. The third-order valence-electron chi connectivity index (χ3n) is 3.77. The van der Waals surface area contributed by atoms with E-state index in [1.54, 1.807) is 13.2 Å². The Labute approximate surface area is 123 Å². The van der Waals surface area contributed by atoms with Crippen LogP contribution in [0.25, 0.3) is 10.9 Å². The minimum absolute atomic E-state index is 0.000989. The summed E-state index contributed by atoms with van der Waals surface area (Å²) in [5, 5.41) is 4.30. The molecule has 21 heavy (non-hydrogen) atoms. The molecule has 0 radical (unpaired) electrons. The van der Waals surface area contributed by atoms with Gasteiger partial charge < -0.3 is 15.0 Å². The molecule has 3 rings (SSSR count). The maximum atomic E-state index is 12.5. The summed E-state index contributed by atoms with van der Waals surface area (Å²) in [6.07, 6.45) is 0. The predicted octanol–water partition coefficient (Wildman–Crippen LogP) is 1.68. The van der Waals surface area contributed by atoms with Crippen molar-refractivity contribution in [3.05, 3.63) is 36.0 Å². The van der Waals surface area contributed by atoms with E-state index in [1.807, 2.05) is 29.2 Å². The predicted molar refractivity (Wildman–Crippen MR) is 81.7 cm³/mol. The molecule has 0 unspecified atom stereocenters. The van der Waals surface area contributed by atoms with E-state index in [9.17, 15) is 4.79 Å². The molecular weight excluding hydrogens is 266 g/mol. The molecule has 1 N–H and O–H groups in total. The maximum absolute atomic E-state index is 12.5. The summed E-state index contributed by atoms with van der Waals surface area (Å²) in [5.41, 5.74) is 1.31. The second kappa shape index (κ2) is 5.69. The Morgan fingerprint density at radius 3 is 3.00 bits per heavy atom. The van der Waals surface area contributed by atoms with Gasteiger partial charge in [-0.1, -0.05) is 6.07 Å². The van der Waals surface area contributed by atoms with E-state index in [4.69, 9.17) is 4.74 Å². The van der Waals surface area contributed by atoms with Crippen LogP contribution < -0.4 is 10.1 Å². The summed E-state index contributed by atoms with van der Waals surface area (Å²) in [4.78, 5) is 18.9. The lowest BCUT2D eigenvalue weighted by atomic mass is 10.1. The summed E-state index contributed by atoms with van der Waals surface area (Å²) < 4.78 is 5.20. The van der Waals surface area contributed by atoms with Gasteiger partial charge in [-0.2, -0.15) is 0 Å². The maximum Gasteiger partial charge on any atom is 0.272 e. The molecule has 5 heteroatoms. The van der Waals surface area contributed by atoms with Crippen molar-refractivity contribution in [2.75, 3.05) is 26.7 Å². The van der Waals surface area contributed by atoms with E-state index in [0.717, 1.165) is 36.3 Å². The van der Waals surface area contributed by atoms with E-state index < -0.39 is 0 Å². The van der Waals surface area contributed by atoms with Crippen LogP contribution >= 0.6 is 0 Å². The highest BCUT2D eigenvalue weighted by Crippen LogP contribution is 2.20. The second-order valence-electron chi connectivity index (χ2n) is 5.36. The van der Waals surface area contributed by atoms with Gasteiger partial charge in [0, 0.05) is 31.1 Å². The molecular formula is C16H19N3O2. The topological polar surface area (TPSA) is 54.5 Å². The first-order valence-corrected chi connectivity index (χ1v) is 7.15. The molecule has 1 amide bonds. The van der Waals surface area contributed by atoms with Crippen molar-refractivity contribution in [3.8, 4) is 5.75 Å². The summed E-state index contributed by atoms with van der Waals surface area (Å²) in [7, 11) is 1.64. The van der Waals surface area contributed by atoms with Gasteiger partial charge in [-0.3, -0.25) is 4.79 Å². The minimum atomic E-state index is 0.000989. The number of rotatable bonds is 2. The largest absolute Gasteiger partial charge is 0.497 e. The molecule has 0 aliphatic carbocycles. The molecule has 0 spiro atoms. The quantitative estimate of drug-likeness (QED) is 0.912. The Morgan fingerprint density at radius 2 is 2.24 bits per heavy atom. The summed E-state index contributed by atoms with van der Waals surface area (Å²) in [6.45, 7) is 4.36.